The summed E-state index contributed by atoms with van der Waals surface area (Å²) < 4.78 is 13.0. The van der Waals surface area contributed by atoms with Crippen LogP contribution in [0.2, 0.25) is 0 Å². The molecule has 0 radical (unpaired) electrons. The highest BCUT2D eigenvalue weighted by Gasteiger charge is 2.54. The van der Waals surface area contributed by atoms with Crippen molar-refractivity contribution in [3.63, 3.8) is 0 Å². The molecule has 2 aliphatic rings. The van der Waals surface area contributed by atoms with Crippen molar-refractivity contribution in [3.05, 3.63) is 65.5 Å². The zero-order chi connectivity index (χ0) is 17.6. The molecular weight excluding hydrogens is 323 g/mol. The third-order valence-electron chi connectivity index (χ3n) is 4.41. The van der Waals surface area contributed by atoms with Gasteiger partial charge in [-0.1, -0.05) is 35.1 Å². The van der Waals surface area contributed by atoms with Crippen molar-refractivity contribution in [3.8, 4) is 0 Å². The van der Waals surface area contributed by atoms with Gasteiger partial charge in [0.05, 0.1) is 12.2 Å². The maximum absolute atomic E-state index is 13.0. The van der Waals surface area contributed by atoms with Crippen LogP contribution in [-0.2, 0) is 16.1 Å². The number of amides is 2. The minimum absolute atomic E-state index is 0.283. The molecule has 2 aliphatic heterocycles. The predicted octanol–water partition coefficient (Wildman–Crippen LogP) is 2.63. The van der Waals surface area contributed by atoms with Crippen molar-refractivity contribution in [1.29, 1.82) is 0 Å². The summed E-state index contributed by atoms with van der Waals surface area (Å²) in [6.45, 7) is 2.22. The summed E-state index contributed by atoms with van der Waals surface area (Å²) in [6, 6.07) is 11.5. The van der Waals surface area contributed by atoms with E-state index >= 15 is 0 Å². The van der Waals surface area contributed by atoms with E-state index in [9.17, 15) is 14.0 Å². The lowest BCUT2D eigenvalue weighted by Crippen LogP contribution is -2.39. The van der Waals surface area contributed by atoms with Crippen LogP contribution in [0.3, 0.4) is 0 Å². The van der Waals surface area contributed by atoms with Crippen molar-refractivity contribution < 1.29 is 14.0 Å². The molecule has 126 valence electrons. The second-order valence-electron chi connectivity index (χ2n) is 6.17. The van der Waals surface area contributed by atoms with E-state index in [0.29, 0.717) is 5.69 Å². The number of fused-ring (bicyclic) bond motifs is 1. The van der Waals surface area contributed by atoms with Gasteiger partial charge in [0.2, 0.25) is 0 Å². The molecule has 0 aliphatic carbocycles. The normalized spacial score (nSPS) is 22.0. The van der Waals surface area contributed by atoms with E-state index < -0.39 is 12.1 Å². The number of benzene rings is 2. The summed E-state index contributed by atoms with van der Waals surface area (Å²) in [7, 11) is 0. The molecule has 2 aromatic rings. The van der Waals surface area contributed by atoms with Gasteiger partial charge in [-0.2, -0.15) is 5.11 Å². The smallest absolute Gasteiger partial charge is 0.263 e. The Bertz CT molecular complexity index is 864. The zero-order valence-corrected chi connectivity index (χ0v) is 13.5. The van der Waals surface area contributed by atoms with Crippen LogP contribution in [0.15, 0.2) is 58.9 Å². The van der Waals surface area contributed by atoms with Crippen LogP contribution in [0, 0.1) is 12.7 Å². The molecule has 0 bridgehead atoms. The van der Waals surface area contributed by atoms with Gasteiger partial charge in [0.1, 0.15) is 5.82 Å². The number of halogens is 1. The average Bonchev–Trinajstić information content (AvgIpc) is 3.12. The van der Waals surface area contributed by atoms with Gasteiger partial charge in [-0.3, -0.25) is 14.6 Å². The monoisotopic (exact) mass is 338 g/mol. The van der Waals surface area contributed by atoms with Gasteiger partial charge in [-0.15, -0.1) is 0 Å². The van der Waals surface area contributed by atoms with E-state index in [0.717, 1.165) is 11.1 Å². The van der Waals surface area contributed by atoms with Gasteiger partial charge in [0, 0.05) is 0 Å². The van der Waals surface area contributed by atoms with Crippen molar-refractivity contribution in [1.82, 2.24) is 5.01 Å². The predicted molar refractivity (Wildman–Crippen MR) is 88.0 cm³/mol. The van der Waals surface area contributed by atoms with E-state index in [4.69, 9.17) is 0 Å². The minimum Gasteiger partial charge on any atom is -0.271 e. The van der Waals surface area contributed by atoms with Crippen LogP contribution in [-0.4, -0.2) is 28.9 Å². The van der Waals surface area contributed by atoms with Crippen LogP contribution >= 0.6 is 0 Å². The number of hydrogen-bond acceptors (Lipinski definition) is 5. The van der Waals surface area contributed by atoms with Crippen molar-refractivity contribution >= 4 is 17.5 Å². The molecular formula is C18H15FN4O2. The van der Waals surface area contributed by atoms with Crippen LogP contribution in [0.1, 0.15) is 11.1 Å². The standard InChI is InChI=1S/C18H15FN4O2/c1-11-2-8-14(9-3-11)23-17(24)15-16(18(23)25)22(21-20-15)10-12-4-6-13(19)7-5-12/h2-9,15-16H,10H2,1H3. The highest BCUT2D eigenvalue weighted by atomic mass is 19.1. The highest BCUT2D eigenvalue weighted by molar-refractivity contribution is 6.25. The summed E-state index contributed by atoms with van der Waals surface area (Å²) >= 11 is 0. The molecule has 4 rings (SSSR count). The summed E-state index contributed by atoms with van der Waals surface area (Å²) in [4.78, 5) is 26.6. The first kappa shape index (κ1) is 15.4. The van der Waals surface area contributed by atoms with Crippen molar-refractivity contribution in [2.45, 2.75) is 25.6 Å². The quantitative estimate of drug-likeness (QED) is 0.808. The molecule has 6 nitrogen and oxygen atoms in total. The van der Waals surface area contributed by atoms with Crippen LogP contribution in [0.4, 0.5) is 10.1 Å². The molecule has 0 N–H and O–H groups in total. The number of aryl methyl sites for hydroxylation is 1. The maximum Gasteiger partial charge on any atom is 0.263 e. The molecule has 2 atom stereocenters. The third kappa shape index (κ3) is 2.57. The first-order valence-electron chi connectivity index (χ1n) is 7.91. The first-order chi connectivity index (χ1) is 12.0. The summed E-state index contributed by atoms with van der Waals surface area (Å²) in [5.41, 5.74) is 2.36. The second-order valence-corrected chi connectivity index (χ2v) is 6.17. The van der Waals surface area contributed by atoms with Gasteiger partial charge >= 0.3 is 0 Å². The Morgan fingerprint density at radius 1 is 1.00 bits per heavy atom. The Labute approximate surface area is 143 Å². The van der Waals surface area contributed by atoms with Crippen LogP contribution in [0.25, 0.3) is 0 Å². The molecule has 0 spiro atoms. The fourth-order valence-electron chi connectivity index (χ4n) is 3.08. The largest absolute Gasteiger partial charge is 0.271 e. The molecule has 0 saturated carbocycles. The topological polar surface area (TPSA) is 65.3 Å². The van der Waals surface area contributed by atoms with Crippen LogP contribution < -0.4 is 4.90 Å². The Kier molecular flexibility index (Phi) is 3.56. The Hall–Kier alpha value is -3.09. The Morgan fingerprint density at radius 3 is 2.36 bits per heavy atom. The molecule has 1 fully saturated rings. The van der Waals surface area contributed by atoms with Gasteiger partial charge < -0.3 is 0 Å². The summed E-state index contributed by atoms with van der Waals surface area (Å²) in [5, 5.41) is 9.45. The lowest BCUT2D eigenvalue weighted by atomic mass is 10.1. The van der Waals surface area contributed by atoms with Gasteiger partial charge in [0.15, 0.2) is 12.1 Å². The van der Waals surface area contributed by atoms with Crippen molar-refractivity contribution in [2.75, 3.05) is 4.90 Å². The fraction of sp³-hybridized carbons (Fsp3) is 0.222. The van der Waals surface area contributed by atoms with Gasteiger partial charge in [-0.25, -0.2) is 9.29 Å². The number of hydrogen-bond donors (Lipinski definition) is 0. The van der Waals surface area contributed by atoms with Gasteiger partial charge in [0.25, 0.3) is 11.8 Å². The number of nitrogens with zero attached hydrogens (tertiary/aromatic N) is 4. The van der Waals surface area contributed by atoms with Crippen molar-refractivity contribution in [2.24, 2.45) is 10.3 Å². The lowest BCUT2D eigenvalue weighted by Gasteiger charge is -2.20. The molecule has 7 heteroatoms. The van der Waals surface area contributed by atoms with Gasteiger partial charge in [-0.05, 0) is 36.8 Å². The lowest BCUT2D eigenvalue weighted by molar-refractivity contribution is -0.123. The van der Waals surface area contributed by atoms with E-state index in [1.807, 2.05) is 19.1 Å². The molecule has 2 heterocycles. The molecule has 2 amide bonds. The maximum atomic E-state index is 13.0. The molecule has 25 heavy (non-hydrogen) atoms. The number of carbonyl (C=O) groups excluding carboxylic acids is 2. The molecule has 0 aromatic heterocycles. The highest BCUT2D eigenvalue weighted by Crippen LogP contribution is 2.32. The number of carbonyl (C=O) groups is 2. The zero-order valence-electron chi connectivity index (χ0n) is 13.5. The fourth-order valence-corrected chi connectivity index (χ4v) is 3.08. The minimum atomic E-state index is -0.825. The Balaban J connectivity index is 1.59. The van der Waals surface area contributed by atoms with E-state index in [2.05, 4.69) is 10.3 Å². The number of anilines is 1. The molecule has 2 aromatic carbocycles. The van der Waals surface area contributed by atoms with Crippen LogP contribution in [0.5, 0.6) is 0 Å². The van der Waals surface area contributed by atoms with E-state index in [1.54, 1.807) is 24.3 Å². The third-order valence-corrected chi connectivity index (χ3v) is 4.41. The molecule has 2 unspecified atom stereocenters. The first-order valence-corrected chi connectivity index (χ1v) is 7.91. The Morgan fingerprint density at radius 2 is 1.68 bits per heavy atom. The average molecular weight is 338 g/mol. The number of rotatable bonds is 3. The van der Waals surface area contributed by atoms with E-state index in [-0.39, 0.29) is 24.2 Å². The summed E-state index contributed by atoms with van der Waals surface area (Å²) in [6.07, 6.45) is 0. The molecule has 1 saturated heterocycles. The second kappa shape index (κ2) is 5.77. The number of imide groups is 1. The SMILES string of the molecule is Cc1ccc(N2C(=O)C3N=NN(Cc4ccc(F)cc4)C3C2=O)cc1. The van der Waals surface area contributed by atoms with E-state index in [1.165, 1.54) is 22.0 Å². The summed E-state index contributed by atoms with van der Waals surface area (Å²) in [5.74, 6) is -1.04.